The first-order valence-electron chi connectivity index (χ1n) is 10.1. The van der Waals surface area contributed by atoms with E-state index >= 15 is 0 Å². The Bertz CT molecular complexity index is 719. The average Bonchev–Trinajstić information content (AvgIpc) is 3.18. The Balaban J connectivity index is 0.00000150. The second kappa shape index (κ2) is 10.4. The fraction of sp³-hybridized carbons (Fsp3) is 0.435. The van der Waals surface area contributed by atoms with Crippen LogP contribution in [0.1, 0.15) is 42.9 Å². The molecule has 29 heavy (non-hydrogen) atoms. The summed E-state index contributed by atoms with van der Waals surface area (Å²) in [5.74, 6) is 0.163. The Labute approximate surface area is 186 Å². The molecule has 2 fully saturated rings. The number of benzene rings is 2. The van der Waals surface area contributed by atoms with Gasteiger partial charge in [0.25, 0.3) is 0 Å². The summed E-state index contributed by atoms with van der Waals surface area (Å²) in [6.07, 6.45) is 3.82. The number of nitrogens with zero attached hydrogens (tertiary/aromatic N) is 2. The number of piperazine rings is 1. The lowest BCUT2D eigenvalue weighted by molar-refractivity contribution is -0.138. The zero-order chi connectivity index (χ0) is 18.7. The first-order chi connectivity index (χ1) is 13.2. The number of rotatable bonds is 4. The van der Waals surface area contributed by atoms with Crippen molar-refractivity contribution in [2.45, 2.75) is 37.3 Å². The van der Waals surface area contributed by atoms with Crippen LogP contribution in [0, 0.1) is 0 Å². The minimum atomic E-state index is -0.611. The van der Waals surface area contributed by atoms with E-state index in [-0.39, 0.29) is 36.8 Å². The molecule has 2 aliphatic rings. The fourth-order valence-corrected chi connectivity index (χ4v) is 4.60. The number of carbonyl (C=O) groups is 1. The SMILES string of the molecule is Cl.Cl.NC1(C(=O)N2CCN(C(c3ccccc3)c3ccccc3)CC2)CCCC1. The van der Waals surface area contributed by atoms with Gasteiger partial charge in [0, 0.05) is 26.2 Å². The summed E-state index contributed by atoms with van der Waals surface area (Å²) >= 11 is 0. The van der Waals surface area contributed by atoms with E-state index in [1.807, 2.05) is 4.90 Å². The third-order valence-corrected chi connectivity index (χ3v) is 6.12. The lowest BCUT2D eigenvalue weighted by atomic mass is 9.95. The molecule has 4 rings (SSSR count). The maximum Gasteiger partial charge on any atom is 0.242 e. The summed E-state index contributed by atoms with van der Waals surface area (Å²) in [5.41, 5.74) is 8.40. The third-order valence-electron chi connectivity index (χ3n) is 6.12. The van der Waals surface area contributed by atoms with Crippen molar-refractivity contribution < 1.29 is 4.79 Å². The Morgan fingerprint density at radius 2 is 1.24 bits per heavy atom. The van der Waals surface area contributed by atoms with Crippen LogP contribution in [0.15, 0.2) is 60.7 Å². The zero-order valence-electron chi connectivity index (χ0n) is 16.7. The van der Waals surface area contributed by atoms with Crippen LogP contribution in [0.5, 0.6) is 0 Å². The van der Waals surface area contributed by atoms with Gasteiger partial charge in [-0.15, -0.1) is 24.8 Å². The van der Waals surface area contributed by atoms with Crippen molar-refractivity contribution in [1.82, 2.24) is 9.80 Å². The van der Waals surface area contributed by atoms with Crippen LogP contribution in [0.3, 0.4) is 0 Å². The van der Waals surface area contributed by atoms with Crippen molar-refractivity contribution in [2.24, 2.45) is 5.73 Å². The van der Waals surface area contributed by atoms with E-state index in [0.717, 1.165) is 51.9 Å². The molecule has 1 aliphatic heterocycles. The molecule has 0 unspecified atom stereocenters. The molecule has 0 atom stereocenters. The van der Waals surface area contributed by atoms with E-state index in [2.05, 4.69) is 65.6 Å². The van der Waals surface area contributed by atoms with Gasteiger partial charge in [0.15, 0.2) is 0 Å². The number of halogens is 2. The van der Waals surface area contributed by atoms with Crippen molar-refractivity contribution in [1.29, 1.82) is 0 Å². The predicted octanol–water partition coefficient (Wildman–Crippen LogP) is 4.04. The topological polar surface area (TPSA) is 49.6 Å². The van der Waals surface area contributed by atoms with E-state index in [1.165, 1.54) is 11.1 Å². The van der Waals surface area contributed by atoms with E-state index in [0.29, 0.717) is 0 Å². The molecule has 1 heterocycles. The van der Waals surface area contributed by atoms with Crippen molar-refractivity contribution in [3.63, 3.8) is 0 Å². The molecule has 2 aromatic rings. The van der Waals surface area contributed by atoms with Crippen LogP contribution >= 0.6 is 24.8 Å². The predicted molar refractivity (Wildman–Crippen MR) is 123 cm³/mol. The maximum atomic E-state index is 12.9. The lowest BCUT2D eigenvalue weighted by Crippen LogP contribution is -2.58. The van der Waals surface area contributed by atoms with Gasteiger partial charge in [0.2, 0.25) is 5.91 Å². The summed E-state index contributed by atoms with van der Waals surface area (Å²) in [5, 5.41) is 0. The molecule has 1 saturated heterocycles. The molecule has 2 aromatic carbocycles. The highest BCUT2D eigenvalue weighted by Crippen LogP contribution is 2.32. The van der Waals surface area contributed by atoms with Crippen LogP contribution in [-0.4, -0.2) is 47.4 Å². The zero-order valence-corrected chi connectivity index (χ0v) is 18.3. The van der Waals surface area contributed by atoms with E-state index in [1.54, 1.807) is 0 Å². The first kappa shape index (κ1) is 23.7. The normalized spacial score (nSPS) is 18.8. The minimum Gasteiger partial charge on any atom is -0.339 e. The van der Waals surface area contributed by atoms with Gasteiger partial charge >= 0.3 is 0 Å². The molecular formula is C23H31Cl2N3O. The molecule has 0 spiro atoms. The summed E-state index contributed by atoms with van der Waals surface area (Å²) in [7, 11) is 0. The molecule has 0 aromatic heterocycles. The molecule has 4 nitrogen and oxygen atoms in total. The standard InChI is InChI=1S/C23H29N3O.2ClH/c24-23(13-7-8-14-23)22(27)26-17-15-25(16-18-26)21(19-9-3-1-4-10-19)20-11-5-2-6-12-20;;/h1-6,9-12,21H,7-8,13-18,24H2;2*1H. The molecule has 6 heteroatoms. The highest BCUT2D eigenvalue weighted by atomic mass is 35.5. The van der Waals surface area contributed by atoms with Crippen LogP contribution in [0.25, 0.3) is 0 Å². The molecule has 158 valence electrons. The minimum absolute atomic E-state index is 0. The highest BCUT2D eigenvalue weighted by molar-refractivity contribution is 5.86. The van der Waals surface area contributed by atoms with Gasteiger partial charge in [0.05, 0.1) is 11.6 Å². The van der Waals surface area contributed by atoms with Crippen LogP contribution in [0.4, 0.5) is 0 Å². The van der Waals surface area contributed by atoms with Crippen molar-refractivity contribution in [3.8, 4) is 0 Å². The summed E-state index contributed by atoms with van der Waals surface area (Å²) < 4.78 is 0. The van der Waals surface area contributed by atoms with Crippen LogP contribution in [-0.2, 0) is 4.79 Å². The Kier molecular flexibility index (Phi) is 8.53. The Morgan fingerprint density at radius 1 is 0.793 bits per heavy atom. The molecule has 1 saturated carbocycles. The summed E-state index contributed by atoms with van der Waals surface area (Å²) in [6, 6.07) is 21.5. The number of carbonyl (C=O) groups excluding carboxylic acids is 1. The molecule has 2 N–H and O–H groups in total. The van der Waals surface area contributed by atoms with Gasteiger partial charge in [0.1, 0.15) is 0 Å². The molecule has 1 amide bonds. The largest absolute Gasteiger partial charge is 0.339 e. The summed E-state index contributed by atoms with van der Waals surface area (Å²) in [6.45, 7) is 3.26. The first-order valence-corrected chi connectivity index (χ1v) is 10.1. The Hall–Kier alpha value is -1.59. The van der Waals surface area contributed by atoms with Gasteiger partial charge in [-0.2, -0.15) is 0 Å². The number of nitrogens with two attached hydrogens (primary N) is 1. The van der Waals surface area contributed by atoms with Gasteiger partial charge in [-0.25, -0.2) is 0 Å². The van der Waals surface area contributed by atoms with Crippen molar-refractivity contribution in [3.05, 3.63) is 71.8 Å². The van der Waals surface area contributed by atoms with Gasteiger partial charge in [-0.05, 0) is 24.0 Å². The van der Waals surface area contributed by atoms with Gasteiger partial charge in [-0.3, -0.25) is 9.69 Å². The monoisotopic (exact) mass is 435 g/mol. The number of hydrogen-bond donors (Lipinski definition) is 1. The van der Waals surface area contributed by atoms with Crippen LogP contribution in [0.2, 0.25) is 0 Å². The summed E-state index contributed by atoms with van der Waals surface area (Å²) in [4.78, 5) is 17.4. The average molecular weight is 436 g/mol. The second-order valence-electron chi connectivity index (χ2n) is 7.92. The van der Waals surface area contributed by atoms with Crippen LogP contribution < -0.4 is 5.73 Å². The second-order valence-corrected chi connectivity index (χ2v) is 7.92. The lowest BCUT2D eigenvalue weighted by Gasteiger charge is -2.41. The maximum absolute atomic E-state index is 12.9. The van der Waals surface area contributed by atoms with Crippen molar-refractivity contribution >= 4 is 30.7 Å². The number of amides is 1. The highest BCUT2D eigenvalue weighted by Gasteiger charge is 2.41. The van der Waals surface area contributed by atoms with E-state index in [4.69, 9.17) is 5.73 Å². The Morgan fingerprint density at radius 3 is 1.69 bits per heavy atom. The molecule has 1 aliphatic carbocycles. The fourth-order valence-electron chi connectivity index (χ4n) is 4.60. The van der Waals surface area contributed by atoms with Gasteiger partial charge in [-0.1, -0.05) is 73.5 Å². The smallest absolute Gasteiger partial charge is 0.242 e. The molecule has 0 radical (unpaired) electrons. The number of hydrogen-bond acceptors (Lipinski definition) is 3. The third kappa shape index (κ3) is 5.13. The molecule has 0 bridgehead atoms. The van der Waals surface area contributed by atoms with E-state index < -0.39 is 5.54 Å². The van der Waals surface area contributed by atoms with Gasteiger partial charge < -0.3 is 10.6 Å². The quantitative estimate of drug-likeness (QED) is 0.787. The molecular weight excluding hydrogens is 405 g/mol. The van der Waals surface area contributed by atoms with Crippen molar-refractivity contribution in [2.75, 3.05) is 26.2 Å². The van der Waals surface area contributed by atoms with E-state index in [9.17, 15) is 4.79 Å².